The third-order valence-corrected chi connectivity index (χ3v) is 5.73. The summed E-state index contributed by atoms with van der Waals surface area (Å²) in [5.74, 6) is 0.431. The lowest BCUT2D eigenvalue weighted by Gasteiger charge is -2.33. The molecule has 0 unspecified atom stereocenters. The first-order valence-electron chi connectivity index (χ1n) is 7.86. The number of nitrogens with zero attached hydrogens (tertiary/aromatic N) is 2. The molecule has 0 saturated carbocycles. The lowest BCUT2D eigenvalue weighted by molar-refractivity contribution is -0.134. The number of rotatable bonds is 4. The average Bonchev–Trinajstić information content (AvgIpc) is 2.93. The predicted molar refractivity (Wildman–Crippen MR) is 87.6 cm³/mol. The Bertz CT molecular complexity index is 767. The Morgan fingerprint density at radius 1 is 1.17 bits per heavy atom. The maximum Gasteiger partial charge on any atom is 0.260 e. The van der Waals surface area contributed by atoms with Gasteiger partial charge in [-0.3, -0.25) is 9.59 Å². The van der Waals surface area contributed by atoms with E-state index in [1.807, 2.05) is 6.07 Å². The maximum atomic E-state index is 12.2. The summed E-state index contributed by atoms with van der Waals surface area (Å²) in [6, 6.07) is 5.33. The van der Waals surface area contributed by atoms with Crippen LogP contribution in [0.5, 0.6) is 5.75 Å². The monoisotopic (exact) mass is 352 g/mol. The smallest absolute Gasteiger partial charge is 0.260 e. The number of carbonyl (C=O) groups excluding carboxylic acids is 2. The Morgan fingerprint density at radius 2 is 1.88 bits per heavy atom. The largest absolute Gasteiger partial charge is 0.484 e. The summed E-state index contributed by atoms with van der Waals surface area (Å²) in [7, 11) is -3.21. The second-order valence-corrected chi connectivity index (χ2v) is 8.06. The highest BCUT2D eigenvalue weighted by Gasteiger charge is 2.26. The van der Waals surface area contributed by atoms with Crippen LogP contribution >= 0.6 is 0 Å². The van der Waals surface area contributed by atoms with Crippen molar-refractivity contribution in [3.63, 3.8) is 0 Å². The summed E-state index contributed by atoms with van der Waals surface area (Å²) >= 11 is 0. The molecule has 0 aromatic heterocycles. The van der Waals surface area contributed by atoms with Crippen LogP contribution in [-0.2, 0) is 21.2 Å². The van der Waals surface area contributed by atoms with Crippen molar-refractivity contribution in [1.82, 2.24) is 9.21 Å². The summed E-state index contributed by atoms with van der Waals surface area (Å²) in [6.07, 6.45) is 2.46. The van der Waals surface area contributed by atoms with Crippen molar-refractivity contribution >= 4 is 21.7 Å². The minimum absolute atomic E-state index is 0.110. The Balaban J connectivity index is 1.53. The molecule has 1 aromatic rings. The molecule has 1 fully saturated rings. The van der Waals surface area contributed by atoms with Crippen LogP contribution in [0.4, 0.5) is 0 Å². The van der Waals surface area contributed by atoms with Crippen molar-refractivity contribution in [1.29, 1.82) is 0 Å². The normalized spacial score (nSPS) is 18.5. The van der Waals surface area contributed by atoms with Gasteiger partial charge < -0.3 is 9.64 Å². The van der Waals surface area contributed by atoms with E-state index in [4.69, 9.17) is 4.74 Å². The lowest BCUT2D eigenvalue weighted by Crippen LogP contribution is -2.51. The van der Waals surface area contributed by atoms with Crippen LogP contribution in [0.15, 0.2) is 18.2 Å². The van der Waals surface area contributed by atoms with Crippen molar-refractivity contribution in [3.8, 4) is 5.75 Å². The van der Waals surface area contributed by atoms with Gasteiger partial charge in [-0.25, -0.2) is 8.42 Å². The zero-order valence-electron chi connectivity index (χ0n) is 13.5. The molecule has 1 saturated heterocycles. The van der Waals surface area contributed by atoms with Crippen LogP contribution in [0.3, 0.4) is 0 Å². The number of aryl methyl sites for hydroxylation is 1. The first-order valence-corrected chi connectivity index (χ1v) is 9.71. The van der Waals surface area contributed by atoms with Crippen molar-refractivity contribution in [2.24, 2.45) is 0 Å². The van der Waals surface area contributed by atoms with E-state index >= 15 is 0 Å². The minimum atomic E-state index is -3.21. The molecule has 7 nitrogen and oxygen atoms in total. The Hall–Kier alpha value is -1.93. The second kappa shape index (κ2) is 6.52. The van der Waals surface area contributed by atoms with E-state index in [0.717, 1.165) is 12.0 Å². The number of carbonyl (C=O) groups is 2. The van der Waals surface area contributed by atoms with Crippen molar-refractivity contribution in [3.05, 3.63) is 29.3 Å². The van der Waals surface area contributed by atoms with Gasteiger partial charge in [-0.2, -0.15) is 4.31 Å². The van der Waals surface area contributed by atoms with Gasteiger partial charge in [0.25, 0.3) is 5.91 Å². The highest BCUT2D eigenvalue weighted by molar-refractivity contribution is 7.88. The fraction of sp³-hybridized carbons (Fsp3) is 0.500. The lowest BCUT2D eigenvalue weighted by atomic mass is 10.1. The van der Waals surface area contributed by atoms with Gasteiger partial charge in [0.15, 0.2) is 12.4 Å². The highest BCUT2D eigenvalue weighted by atomic mass is 32.2. The SMILES string of the molecule is CS(=O)(=O)N1CCN(C(=O)COc2ccc3c(c2)C(=O)CC3)CC1. The summed E-state index contributed by atoms with van der Waals surface area (Å²) in [5.41, 5.74) is 1.71. The molecule has 1 heterocycles. The molecule has 0 atom stereocenters. The standard InChI is InChI=1S/C16H20N2O5S/c1-24(21,22)18-8-6-17(7-9-18)16(20)11-23-13-4-2-12-3-5-15(19)14(12)10-13/h2,4,10H,3,5-9,11H2,1H3. The molecule has 0 radical (unpaired) electrons. The number of fused-ring (bicyclic) bond motifs is 1. The van der Waals surface area contributed by atoms with Gasteiger partial charge >= 0.3 is 0 Å². The summed E-state index contributed by atoms with van der Waals surface area (Å²) in [4.78, 5) is 25.5. The zero-order valence-corrected chi connectivity index (χ0v) is 14.3. The van der Waals surface area contributed by atoms with Crippen LogP contribution in [0.25, 0.3) is 0 Å². The number of ether oxygens (including phenoxy) is 1. The van der Waals surface area contributed by atoms with Gasteiger partial charge in [0.05, 0.1) is 6.26 Å². The summed E-state index contributed by atoms with van der Waals surface area (Å²) < 4.78 is 29.8. The van der Waals surface area contributed by atoms with Crippen molar-refractivity contribution in [2.45, 2.75) is 12.8 Å². The number of benzene rings is 1. The molecule has 2 aliphatic rings. The minimum Gasteiger partial charge on any atom is -0.484 e. The number of sulfonamides is 1. The first kappa shape index (κ1) is 16.9. The van der Waals surface area contributed by atoms with Crippen LogP contribution in [0.1, 0.15) is 22.3 Å². The number of amides is 1. The molecule has 1 aliphatic carbocycles. The van der Waals surface area contributed by atoms with Gasteiger partial charge in [0.2, 0.25) is 10.0 Å². The predicted octanol–water partition coefficient (Wildman–Crippen LogP) is 0.298. The Labute approximate surface area is 141 Å². The van der Waals surface area contributed by atoms with Crippen LogP contribution in [-0.4, -0.2) is 68.4 Å². The maximum absolute atomic E-state index is 12.2. The number of Topliss-reactive ketones (excluding diaryl/α,β-unsaturated/α-hetero) is 1. The fourth-order valence-corrected chi connectivity index (χ4v) is 3.84. The van der Waals surface area contributed by atoms with Crippen molar-refractivity contribution < 1.29 is 22.7 Å². The van der Waals surface area contributed by atoms with Crippen LogP contribution < -0.4 is 4.74 Å². The number of piperazine rings is 1. The number of hydrogen-bond donors (Lipinski definition) is 0. The van der Waals surface area contributed by atoms with E-state index in [1.165, 1.54) is 10.6 Å². The molecule has 1 aliphatic heterocycles. The van der Waals surface area contributed by atoms with Gasteiger partial charge in [0, 0.05) is 38.2 Å². The van der Waals surface area contributed by atoms with E-state index in [9.17, 15) is 18.0 Å². The molecule has 1 aromatic carbocycles. The number of ketones is 1. The van der Waals surface area contributed by atoms with Gasteiger partial charge in [-0.1, -0.05) is 6.07 Å². The highest BCUT2D eigenvalue weighted by Crippen LogP contribution is 2.26. The molecule has 0 bridgehead atoms. The molecule has 0 spiro atoms. The molecule has 8 heteroatoms. The quantitative estimate of drug-likeness (QED) is 0.778. The third kappa shape index (κ3) is 3.59. The van der Waals surface area contributed by atoms with E-state index in [1.54, 1.807) is 17.0 Å². The molecular weight excluding hydrogens is 332 g/mol. The molecular formula is C16H20N2O5S. The zero-order chi connectivity index (χ0) is 17.3. The third-order valence-electron chi connectivity index (χ3n) is 4.43. The van der Waals surface area contributed by atoms with E-state index in [-0.39, 0.29) is 18.3 Å². The average molecular weight is 352 g/mol. The molecule has 1 amide bonds. The van der Waals surface area contributed by atoms with E-state index < -0.39 is 10.0 Å². The first-order chi connectivity index (χ1) is 11.3. The summed E-state index contributed by atoms with van der Waals surface area (Å²) in [5, 5.41) is 0. The van der Waals surface area contributed by atoms with Gasteiger partial charge in [-0.15, -0.1) is 0 Å². The van der Waals surface area contributed by atoms with Gasteiger partial charge in [-0.05, 0) is 24.1 Å². The molecule has 130 valence electrons. The molecule has 24 heavy (non-hydrogen) atoms. The second-order valence-electron chi connectivity index (χ2n) is 6.07. The topological polar surface area (TPSA) is 84.0 Å². The molecule has 3 rings (SSSR count). The van der Waals surface area contributed by atoms with E-state index in [2.05, 4.69) is 0 Å². The van der Waals surface area contributed by atoms with Gasteiger partial charge in [0.1, 0.15) is 5.75 Å². The Kier molecular flexibility index (Phi) is 4.60. The van der Waals surface area contributed by atoms with Crippen LogP contribution in [0.2, 0.25) is 0 Å². The fourth-order valence-electron chi connectivity index (χ4n) is 3.01. The van der Waals surface area contributed by atoms with E-state index in [0.29, 0.717) is 43.9 Å². The molecule has 0 N–H and O–H groups in total. The number of hydrogen-bond acceptors (Lipinski definition) is 5. The van der Waals surface area contributed by atoms with Crippen molar-refractivity contribution in [2.75, 3.05) is 39.0 Å². The summed E-state index contributed by atoms with van der Waals surface area (Å²) in [6.45, 7) is 1.21. The van der Waals surface area contributed by atoms with Crippen LogP contribution in [0, 0.1) is 0 Å². The Morgan fingerprint density at radius 3 is 2.54 bits per heavy atom.